The number of ether oxygens (including phenoxy) is 1. The molecule has 2 aromatic rings. The molecule has 0 unspecified atom stereocenters. The summed E-state index contributed by atoms with van der Waals surface area (Å²) in [6.07, 6.45) is 1.58. The summed E-state index contributed by atoms with van der Waals surface area (Å²) >= 11 is 0. The van der Waals surface area contributed by atoms with Gasteiger partial charge in [0.15, 0.2) is 0 Å². The second kappa shape index (κ2) is 9.56. The number of benzene rings is 1. The number of esters is 1. The number of hydrogen-bond donors (Lipinski definition) is 0. The van der Waals surface area contributed by atoms with Crippen molar-refractivity contribution in [2.24, 2.45) is 0 Å². The van der Waals surface area contributed by atoms with E-state index in [2.05, 4.69) is 9.64 Å². The van der Waals surface area contributed by atoms with Crippen molar-refractivity contribution < 1.29 is 22.4 Å². The summed E-state index contributed by atoms with van der Waals surface area (Å²) in [4.78, 5) is 13.8. The van der Waals surface area contributed by atoms with Gasteiger partial charge in [-0.1, -0.05) is 12.1 Å². The van der Waals surface area contributed by atoms with Crippen LogP contribution in [0.1, 0.15) is 29.9 Å². The molecule has 1 fully saturated rings. The van der Waals surface area contributed by atoms with Gasteiger partial charge in [-0.2, -0.15) is 4.31 Å². The van der Waals surface area contributed by atoms with Crippen molar-refractivity contribution in [3.8, 4) is 0 Å². The fraction of sp³-hybridized carbons (Fsp3) is 0.476. The second-order valence-electron chi connectivity index (χ2n) is 7.27. The molecule has 1 aromatic heterocycles. The topological polar surface area (TPSA) is 80.1 Å². The third-order valence-electron chi connectivity index (χ3n) is 5.13. The molecule has 7 nitrogen and oxygen atoms in total. The predicted octanol–water partition coefficient (Wildman–Crippen LogP) is 2.59. The van der Waals surface area contributed by atoms with Crippen LogP contribution in [0.2, 0.25) is 0 Å². The van der Waals surface area contributed by atoms with Gasteiger partial charge in [0.1, 0.15) is 11.5 Å². The molecule has 0 atom stereocenters. The predicted molar refractivity (Wildman–Crippen MR) is 109 cm³/mol. The van der Waals surface area contributed by atoms with Crippen LogP contribution in [-0.4, -0.2) is 56.9 Å². The zero-order valence-corrected chi connectivity index (χ0v) is 17.8. The molecule has 1 aliphatic heterocycles. The average Bonchev–Trinajstić information content (AvgIpc) is 2.97. The van der Waals surface area contributed by atoms with E-state index in [0.717, 1.165) is 30.0 Å². The fourth-order valence-corrected chi connectivity index (χ4v) is 4.93. The lowest BCUT2D eigenvalue weighted by atomic mass is 10.1. The van der Waals surface area contributed by atoms with E-state index in [4.69, 9.17) is 4.42 Å². The number of aryl methyl sites for hydroxylation is 2. The van der Waals surface area contributed by atoms with Crippen molar-refractivity contribution >= 4 is 16.0 Å². The van der Waals surface area contributed by atoms with Gasteiger partial charge in [-0.25, -0.2) is 8.42 Å². The third kappa shape index (κ3) is 5.68. The number of nitrogens with zero attached hydrogens (tertiary/aromatic N) is 2. The highest BCUT2D eigenvalue weighted by Gasteiger charge is 2.27. The maximum atomic E-state index is 13.0. The van der Waals surface area contributed by atoms with Gasteiger partial charge in [-0.3, -0.25) is 9.69 Å². The molecule has 1 saturated heterocycles. The molecule has 0 saturated carbocycles. The van der Waals surface area contributed by atoms with Crippen molar-refractivity contribution in [2.75, 3.05) is 33.3 Å². The molecule has 0 radical (unpaired) electrons. The zero-order valence-electron chi connectivity index (χ0n) is 17.0. The largest absolute Gasteiger partial charge is 0.469 e. The van der Waals surface area contributed by atoms with E-state index in [-0.39, 0.29) is 17.3 Å². The number of hydrogen-bond acceptors (Lipinski definition) is 6. The Labute approximate surface area is 172 Å². The van der Waals surface area contributed by atoms with Crippen molar-refractivity contribution in [1.29, 1.82) is 0 Å². The molecule has 1 aliphatic rings. The summed E-state index contributed by atoms with van der Waals surface area (Å²) in [5, 5.41) is 0. The van der Waals surface area contributed by atoms with Crippen LogP contribution in [0.15, 0.2) is 45.7 Å². The van der Waals surface area contributed by atoms with Gasteiger partial charge in [-0.05, 0) is 56.1 Å². The Morgan fingerprint density at radius 3 is 2.48 bits per heavy atom. The minimum absolute atomic E-state index is 0.277. The van der Waals surface area contributed by atoms with Crippen LogP contribution in [0.3, 0.4) is 0 Å². The van der Waals surface area contributed by atoms with Crippen LogP contribution in [0, 0.1) is 6.92 Å². The van der Waals surface area contributed by atoms with Gasteiger partial charge in [-0.15, -0.1) is 0 Å². The van der Waals surface area contributed by atoms with Crippen LogP contribution >= 0.6 is 0 Å². The monoisotopic (exact) mass is 420 g/mol. The first-order chi connectivity index (χ1) is 13.9. The van der Waals surface area contributed by atoms with E-state index < -0.39 is 10.0 Å². The van der Waals surface area contributed by atoms with E-state index in [1.165, 1.54) is 7.11 Å². The Balaban J connectivity index is 1.60. The summed E-state index contributed by atoms with van der Waals surface area (Å²) in [6, 6.07) is 10.7. The van der Waals surface area contributed by atoms with Crippen LogP contribution < -0.4 is 0 Å². The summed E-state index contributed by atoms with van der Waals surface area (Å²) < 4.78 is 37.9. The molecule has 1 aromatic carbocycles. The smallest absolute Gasteiger partial charge is 0.305 e. The Kier molecular flexibility index (Phi) is 7.10. The van der Waals surface area contributed by atoms with Crippen molar-refractivity contribution in [3.63, 3.8) is 0 Å². The quantitative estimate of drug-likeness (QED) is 0.641. The first-order valence-corrected chi connectivity index (χ1v) is 11.3. The highest BCUT2D eigenvalue weighted by molar-refractivity contribution is 7.89. The maximum absolute atomic E-state index is 13.0. The van der Waals surface area contributed by atoms with Gasteiger partial charge >= 0.3 is 5.97 Å². The first kappa shape index (κ1) is 21.5. The van der Waals surface area contributed by atoms with E-state index in [1.54, 1.807) is 28.6 Å². The SMILES string of the molecule is COC(=O)CCc1ccc(S(=O)(=O)N2CCCN(Cc3ccc(C)o3)CC2)cc1. The van der Waals surface area contributed by atoms with Gasteiger partial charge in [0.25, 0.3) is 0 Å². The normalized spacial score (nSPS) is 16.5. The Morgan fingerprint density at radius 2 is 1.83 bits per heavy atom. The van der Waals surface area contributed by atoms with Crippen molar-refractivity contribution in [2.45, 2.75) is 37.6 Å². The van der Waals surface area contributed by atoms with Crippen LogP contribution in [0.25, 0.3) is 0 Å². The number of sulfonamides is 1. The summed E-state index contributed by atoms with van der Waals surface area (Å²) in [5.74, 6) is 1.51. The number of furan rings is 1. The molecule has 0 bridgehead atoms. The Bertz CT molecular complexity index is 921. The highest BCUT2D eigenvalue weighted by atomic mass is 32.2. The third-order valence-corrected chi connectivity index (χ3v) is 7.04. The van der Waals surface area contributed by atoms with Crippen LogP contribution in [0.4, 0.5) is 0 Å². The first-order valence-electron chi connectivity index (χ1n) is 9.82. The second-order valence-corrected chi connectivity index (χ2v) is 9.20. The number of carbonyl (C=O) groups is 1. The molecule has 0 amide bonds. The van der Waals surface area contributed by atoms with Crippen molar-refractivity contribution in [1.82, 2.24) is 9.21 Å². The van der Waals surface area contributed by atoms with Crippen molar-refractivity contribution in [3.05, 3.63) is 53.5 Å². The summed E-state index contributed by atoms with van der Waals surface area (Å²) in [7, 11) is -2.18. The van der Waals surface area contributed by atoms with Gasteiger partial charge in [0, 0.05) is 26.1 Å². The summed E-state index contributed by atoms with van der Waals surface area (Å²) in [5.41, 5.74) is 0.908. The Hall–Kier alpha value is -2.16. The van der Waals surface area contributed by atoms with E-state index in [9.17, 15) is 13.2 Å². The Morgan fingerprint density at radius 1 is 1.07 bits per heavy atom. The molecule has 0 spiro atoms. The maximum Gasteiger partial charge on any atom is 0.305 e. The molecule has 3 rings (SSSR count). The minimum atomic E-state index is -3.54. The lowest BCUT2D eigenvalue weighted by Crippen LogP contribution is -2.35. The molecule has 29 heavy (non-hydrogen) atoms. The molecule has 8 heteroatoms. The molecule has 0 N–H and O–H groups in total. The molecular formula is C21H28N2O5S. The number of methoxy groups -OCH3 is 1. The minimum Gasteiger partial charge on any atom is -0.469 e. The van der Waals surface area contributed by atoms with E-state index in [0.29, 0.717) is 32.6 Å². The number of carbonyl (C=O) groups excluding carboxylic acids is 1. The molecule has 158 valence electrons. The molecular weight excluding hydrogens is 392 g/mol. The highest BCUT2D eigenvalue weighted by Crippen LogP contribution is 2.20. The fourth-order valence-electron chi connectivity index (χ4n) is 3.46. The summed E-state index contributed by atoms with van der Waals surface area (Å²) in [6.45, 7) is 5.05. The molecule has 0 aliphatic carbocycles. The van der Waals surface area contributed by atoms with E-state index in [1.807, 2.05) is 19.1 Å². The lowest BCUT2D eigenvalue weighted by molar-refractivity contribution is -0.140. The van der Waals surface area contributed by atoms with Gasteiger partial charge in [0.05, 0.1) is 18.6 Å². The van der Waals surface area contributed by atoms with Crippen LogP contribution in [0.5, 0.6) is 0 Å². The lowest BCUT2D eigenvalue weighted by Gasteiger charge is -2.21. The van der Waals surface area contributed by atoms with Gasteiger partial charge in [0.2, 0.25) is 10.0 Å². The zero-order chi connectivity index (χ0) is 20.9. The van der Waals surface area contributed by atoms with Gasteiger partial charge < -0.3 is 9.15 Å². The van der Waals surface area contributed by atoms with E-state index >= 15 is 0 Å². The molecule has 2 heterocycles. The van der Waals surface area contributed by atoms with Crippen LogP contribution in [-0.2, 0) is 32.5 Å². The number of rotatable bonds is 7. The average molecular weight is 421 g/mol. The standard InChI is InChI=1S/C21H28N2O5S/c1-17-4-8-19(28-17)16-22-12-3-13-23(15-14-22)29(25,26)20-9-5-18(6-10-20)7-11-21(24)27-2/h4-6,8-10H,3,7,11-16H2,1-2H3.